The second-order valence-electron chi connectivity index (χ2n) is 6.70. The van der Waals surface area contributed by atoms with Crippen LogP contribution in [0.2, 0.25) is 5.02 Å². The molecule has 31 heavy (non-hydrogen) atoms. The lowest BCUT2D eigenvalue weighted by atomic mass is 10.3. The van der Waals surface area contributed by atoms with Crippen molar-refractivity contribution in [2.24, 2.45) is 0 Å². The number of ether oxygens (including phenoxy) is 1. The minimum Gasteiger partial charge on any atom is -0.438 e. The number of nitrogens with one attached hydrogen (secondary N) is 1. The Bertz CT molecular complexity index is 1300. The lowest BCUT2D eigenvalue weighted by Crippen LogP contribution is -2.12. The molecule has 158 valence electrons. The smallest absolute Gasteiger partial charge is 0.261 e. The Kier molecular flexibility index (Phi) is 5.62. The number of rotatable bonds is 6. The fraction of sp³-hybridized carbons (Fsp3) is 0.0952. The molecular formula is C21H18ClN5O3S. The summed E-state index contributed by atoms with van der Waals surface area (Å²) < 4.78 is 35.0. The second-order valence-corrected chi connectivity index (χ2v) is 8.82. The molecule has 0 radical (unpaired) electrons. The molecule has 0 amide bonds. The van der Waals surface area contributed by atoms with Crippen LogP contribution >= 0.6 is 11.6 Å². The van der Waals surface area contributed by atoms with E-state index in [0.29, 0.717) is 28.2 Å². The zero-order valence-corrected chi connectivity index (χ0v) is 18.2. The van der Waals surface area contributed by atoms with Crippen LogP contribution in [-0.2, 0) is 10.0 Å². The minimum atomic E-state index is -3.71. The van der Waals surface area contributed by atoms with Crippen molar-refractivity contribution >= 4 is 27.3 Å². The molecule has 0 aliphatic rings. The van der Waals surface area contributed by atoms with Crippen LogP contribution in [0.5, 0.6) is 11.6 Å². The molecule has 0 saturated carbocycles. The fourth-order valence-electron chi connectivity index (χ4n) is 2.77. The number of hydrogen-bond donors (Lipinski definition) is 1. The van der Waals surface area contributed by atoms with Gasteiger partial charge in [0.25, 0.3) is 10.0 Å². The maximum Gasteiger partial charge on any atom is 0.261 e. The van der Waals surface area contributed by atoms with Crippen molar-refractivity contribution < 1.29 is 13.2 Å². The molecule has 1 N–H and O–H groups in total. The summed E-state index contributed by atoms with van der Waals surface area (Å²) in [5.41, 5.74) is 2.31. The van der Waals surface area contributed by atoms with E-state index in [1.54, 1.807) is 42.7 Å². The lowest BCUT2D eigenvalue weighted by molar-refractivity contribution is 0.454. The molecule has 0 fully saturated rings. The number of anilines is 1. The van der Waals surface area contributed by atoms with E-state index in [0.717, 1.165) is 11.4 Å². The second kappa shape index (κ2) is 8.37. The normalized spacial score (nSPS) is 11.3. The lowest BCUT2D eigenvalue weighted by Gasteiger charge is -2.10. The first kappa shape index (κ1) is 20.8. The predicted octanol–water partition coefficient (Wildman–Crippen LogP) is 4.53. The minimum absolute atomic E-state index is 0.121. The van der Waals surface area contributed by atoms with Crippen molar-refractivity contribution in [3.63, 3.8) is 0 Å². The van der Waals surface area contributed by atoms with Gasteiger partial charge in [0.1, 0.15) is 12.1 Å². The van der Waals surface area contributed by atoms with Gasteiger partial charge in [-0.05, 0) is 68.4 Å². The summed E-state index contributed by atoms with van der Waals surface area (Å²) in [6.07, 6.45) is 1.69. The first-order valence-corrected chi connectivity index (χ1v) is 11.1. The van der Waals surface area contributed by atoms with Crippen LogP contribution in [0.1, 0.15) is 11.4 Å². The van der Waals surface area contributed by atoms with Gasteiger partial charge >= 0.3 is 0 Å². The highest BCUT2D eigenvalue weighted by Crippen LogP contribution is 2.24. The topological polar surface area (TPSA) is 99.0 Å². The average molecular weight is 456 g/mol. The number of sulfonamides is 1. The van der Waals surface area contributed by atoms with Gasteiger partial charge < -0.3 is 4.74 Å². The molecule has 4 aromatic rings. The van der Waals surface area contributed by atoms with Crippen LogP contribution in [0, 0.1) is 13.8 Å². The van der Waals surface area contributed by atoms with Gasteiger partial charge in [-0.15, -0.1) is 10.2 Å². The first-order chi connectivity index (χ1) is 14.8. The summed E-state index contributed by atoms with van der Waals surface area (Å²) in [7, 11) is -3.71. The van der Waals surface area contributed by atoms with E-state index < -0.39 is 10.0 Å². The zero-order chi connectivity index (χ0) is 22.0. The quantitative estimate of drug-likeness (QED) is 0.458. The van der Waals surface area contributed by atoms with E-state index in [9.17, 15) is 8.42 Å². The van der Waals surface area contributed by atoms with Crippen molar-refractivity contribution in [1.29, 1.82) is 0 Å². The van der Waals surface area contributed by atoms with Crippen LogP contribution in [0.3, 0.4) is 0 Å². The molecule has 2 aromatic heterocycles. The molecule has 0 aliphatic carbocycles. The number of benzene rings is 2. The van der Waals surface area contributed by atoms with E-state index >= 15 is 0 Å². The molecule has 10 heteroatoms. The molecule has 0 saturated heterocycles. The number of nitrogens with zero attached hydrogens (tertiary/aromatic N) is 4. The molecule has 2 aromatic carbocycles. The average Bonchev–Trinajstić information content (AvgIpc) is 3.09. The Labute approximate surface area is 184 Å². The van der Waals surface area contributed by atoms with Gasteiger partial charge in [-0.2, -0.15) is 0 Å². The van der Waals surface area contributed by atoms with Gasteiger partial charge in [0.15, 0.2) is 5.82 Å². The van der Waals surface area contributed by atoms with Crippen molar-refractivity contribution in [2.45, 2.75) is 18.7 Å². The molecule has 0 unspecified atom stereocenters. The van der Waals surface area contributed by atoms with Crippen molar-refractivity contribution in [1.82, 2.24) is 19.7 Å². The van der Waals surface area contributed by atoms with Crippen LogP contribution in [0.4, 0.5) is 5.69 Å². The number of aromatic nitrogens is 4. The van der Waals surface area contributed by atoms with E-state index in [1.165, 1.54) is 24.3 Å². The molecule has 0 bridgehead atoms. The Morgan fingerprint density at radius 3 is 2.23 bits per heavy atom. The van der Waals surface area contributed by atoms with Crippen LogP contribution in [0.25, 0.3) is 5.82 Å². The Hall–Kier alpha value is -3.43. The number of hydrogen-bond acceptors (Lipinski definition) is 6. The largest absolute Gasteiger partial charge is 0.438 e. The highest BCUT2D eigenvalue weighted by atomic mass is 35.5. The van der Waals surface area contributed by atoms with Gasteiger partial charge in [0.2, 0.25) is 5.88 Å². The summed E-state index contributed by atoms with van der Waals surface area (Å²) in [6.45, 7) is 3.88. The highest BCUT2D eigenvalue weighted by molar-refractivity contribution is 7.92. The van der Waals surface area contributed by atoms with Gasteiger partial charge in [0.05, 0.1) is 10.6 Å². The van der Waals surface area contributed by atoms with Crippen LogP contribution < -0.4 is 9.46 Å². The first-order valence-electron chi connectivity index (χ1n) is 9.23. The van der Waals surface area contributed by atoms with E-state index in [4.69, 9.17) is 16.3 Å². The summed E-state index contributed by atoms with van der Waals surface area (Å²) >= 11 is 5.81. The third-order valence-electron chi connectivity index (χ3n) is 4.58. The van der Waals surface area contributed by atoms with E-state index in [2.05, 4.69) is 19.9 Å². The Morgan fingerprint density at radius 1 is 0.935 bits per heavy atom. The standard InChI is InChI=1S/C21H18ClN5O3S/c1-14-15(2)27(13-23-14)20-11-12-21(25-24-20)30-18-7-5-17(6-8-18)26-31(28,29)19-9-3-16(22)4-10-19/h3-13,26H,1-2H3. The van der Waals surface area contributed by atoms with Crippen molar-refractivity contribution in [3.8, 4) is 17.4 Å². The van der Waals surface area contributed by atoms with Crippen LogP contribution in [0.15, 0.2) is 71.9 Å². The summed E-state index contributed by atoms with van der Waals surface area (Å²) in [5.74, 6) is 1.44. The fourth-order valence-corrected chi connectivity index (χ4v) is 3.95. The SMILES string of the molecule is Cc1ncn(-c2ccc(Oc3ccc(NS(=O)(=O)c4ccc(Cl)cc4)cc3)nn2)c1C. The van der Waals surface area contributed by atoms with Crippen LogP contribution in [-0.4, -0.2) is 28.2 Å². The maximum absolute atomic E-state index is 12.5. The molecular weight excluding hydrogens is 438 g/mol. The molecule has 4 rings (SSSR count). The molecule has 0 aliphatic heterocycles. The van der Waals surface area contributed by atoms with Crippen molar-refractivity contribution in [3.05, 3.63) is 83.4 Å². The van der Waals surface area contributed by atoms with E-state index in [-0.39, 0.29) is 4.90 Å². The zero-order valence-electron chi connectivity index (χ0n) is 16.7. The molecule has 0 atom stereocenters. The van der Waals surface area contributed by atoms with Gasteiger partial charge in [-0.3, -0.25) is 9.29 Å². The molecule has 0 spiro atoms. The maximum atomic E-state index is 12.5. The van der Waals surface area contributed by atoms with Gasteiger partial charge in [-0.25, -0.2) is 13.4 Å². The monoisotopic (exact) mass is 455 g/mol. The number of aryl methyl sites for hydroxylation is 1. The predicted molar refractivity (Wildman–Crippen MR) is 117 cm³/mol. The van der Waals surface area contributed by atoms with Gasteiger partial charge in [-0.1, -0.05) is 11.6 Å². The third-order valence-corrected chi connectivity index (χ3v) is 6.23. The van der Waals surface area contributed by atoms with Gasteiger partial charge in [0, 0.05) is 22.5 Å². The summed E-state index contributed by atoms with van der Waals surface area (Å²) in [5, 5.41) is 8.72. The Morgan fingerprint density at radius 2 is 1.65 bits per heavy atom. The van der Waals surface area contributed by atoms with E-state index in [1.807, 2.05) is 18.4 Å². The third kappa shape index (κ3) is 4.68. The summed E-state index contributed by atoms with van der Waals surface area (Å²) in [6, 6.07) is 15.9. The summed E-state index contributed by atoms with van der Waals surface area (Å²) in [4.78, 5) is 4.37. The molecule has 8 nitrogen and oxygen atoms in total. The highest BCUT2D eigenvalue weighted by Gasteiger charge is 2.14. The Balaban J connectivity index is 1.44. The number of imidazole rings is 1. The molecule has 2 heterocycles. The number of halogens is 1. The van der Waals surface area contributed by atoms with Crippen molar-refractivity contribution in [2.75, 3.05) is 4.72 Å².